The van der Waals surface area contributed by atoms with E-state index >= 15 is 0 Å². The van der Waals surface area contributed by atoms with Crippen molar-refractivity contribution in [3.63, 3.8) is 0 Å². The van der Waals surface area contributed by atoms with Crippen LogP contribution in [-0.2, 0) is 24.9 Å². The highest BCUT2D eigenvalue weighted by Gasteiger charge is 2.13. The van der Waals surface area contributed by atoms with Crippen LogP contribution in [0.2, 0.25) is 0 Å². The van der Waals surface area contributed by atoms with Crippen LogP contribution in [0, 0.1) is 5.92 Å². The van der Waals surface area contributed by atoms with Gasteiger partial charge in [0.15, 0.2) is 0 Å². The molecule has 1 unspecified atom stereocenters. The lowest BCUT2D eigenvalue weighted by Crippen LogP contribution is -2.21. The van der Waals surface area contributed by atoms with Crippen molar-refractivity contribution in [3.05, 3.63) is 142 Å². The number of carboxylic acids is 1. The monoisotopic (exact) mass is 618 g/mol. The molecule has 0 aliphatic heterocycles. The number of nitrogens with one attached hydrogen (secondary N) is 1. The first-order valence-electron chi connectivity index (χ1n) is 15.2. The van der Waals surface area contributed by atoms with E-state index in [0.29, 0.717) is 12.2 Å². The van der Waals surface area contributed by atoms with Crippen LogP contribution in [0.25, 0.3) is 6.08 Å². The number of hydrogen-bond donors (Lipinski definition) is 2. The number of carbonyl (C=O) groups is 1. The van der Waals surface area contributed by atoms with Gasteiger partial charge in [-0.2, -0.15) is 0 Å². The summed E-state index contributed by atoms with van der Waals surface area (Å²) in [6.07, 6.45) is 7.02. The van der Waals surface area contributed by atoms with E-state index in [9.17, 15) is 9.90 Å². The predicted molar refractivity (Wildman–Crippen MR) is 190 cm³/mol. The number of benzene rings is 4. The number of aryl methyl sites for hydroxylation is 1. The van der Waals surface area contributed by atoms with E-state index in [4.69, 9.17) is 17.0 Å². The summed E-state index contributed by atoms with van der Waals surface area (Å²) in [6.45, 7) is 7.15. The number of amidine groups is 1. The first kappa shape index (κ1) is 33.3. The number of aromatic carboxylic acids is 1. The van der Waals surface area contributed by atoms with Crippen molar-refractivity contribution in [3.8, 4) is 5.75 Å². The van der Waals surface area contributed by atoms with Crippen molar-refractivity contribution in [2.24, 2.45) is 10.9 Å². The molecule has 5 nitrogen and oxygen atoms in total. The van der Waals surface area contributed by atoms with Gasteiger partial charge in [-0.15, -0.1) is 0 Å². The van der Waals surface area contributed by atoms with E-state index < -0.39 is 5.97 Å². The lowest BCUT2D eigenvalue weighted by atomic mass is 9.87. The molecular formula is C39H42N2O3S. The number of hydrogen-bond acceptors (Lipinski definition) is 4. The number of allylic oxidation sites excluding steroid dienone is 1. The zero-order valence-corrected chi connectivity index (χ0v) is 27.3. The molecule has 0 bridgehead atoms. The van der Waals surface area contributed by atoms with Crippen LogP contribution in [0.3, 0.4) is 0 Å². The Labute approximate surface area is 272 Å². The van der Waals surface area contributed by atoms with Crippen LogP contribution >= 0.6 is 12.2 Å². The summed E-state index contributed by atoms with van der Waals surface area (Å²) in [5.74, 6) is 0.889. The predicted octanol–water partition coefficient (Wildman–Crippen LogP) is 8.69. The molecule has 45 heavy (non-hydrogen) atoms. The second-order valence-electron chi connectivity index (χ2n) is 12.2. The topological polar surface area (TPSA) is 70.9 Å². The van der Waals surface area contributed by atoms with Crippen LogP contribution in [0.5, 0.6) is 5.75 Å². The molecule has 0 aromatic heterocycles. The number of carboxylic acid groups (broad SMARTS) is 1. The molecule has 0 spiro atoms. The molecule has 4 rings (SSSR count). The second kappa shape index (κ2) is 16.0. The van der Waals surface area contributed by atoms with Crippen molar-refractivity contribution in [1.29, 1.82) is 0 Å². The van der Waals surface area contributed by atoms with Gasteiger partial charge in [-0.1, -0.05) is 124 Å². The SMILES string of the molecule is CN=C(NC=S)c1ccc(CCC(/C=C/c2ccccc2OCc2ccc(C(C)(C)C)cc2)Cc2ccc(C(=O)O)cc2)cc1. The van der Waals surface area contributed by atoms with Crippen molar-refractivity contribution >= 4 is 35.6 Å². The zero-order valence-electron chi connectivity index (χ0n) is 26.5. The van der Waals surface area contributed by atoms with Crippen LogP contribution in [0.15, 0.2) is 108 Å². The molecule has 1 atom stereocenters. The van der Waals surface area contributed by atoms with E-state index in [2.05, 4.69) is 97.8 Å². The fourth-order valence-electron chi connectivity index (χ4n) is 5.12. The first-order chi connectivity index (χ1) is 21.7. The van der Waals surface area contributed by atoms with E-state index in [-0.39, 0.29) is 11.3 Å². The standard InChI is InChI=1S/C39H42N2O3S/c1-39(2,3)35-23-16-31(17-24-35)26-44-36-8-6-5-7-32(36)18-13-29(25-30-14-21-34(22-15-30)38(42)43)10-9-28-11-19-33(20-12-28)37(40-4)41-27-45/h5-8,11-24,27,29H,9-10,25-26H2,1-4H3,(H,42,43)(H,40,41,45)/b18-13+. The summed E-state index contributed by atoms with van der Waals surface area (Å²) in [7, 11) is 1.74. The minimum atomic E-state index is -0.916. The van der Waals surface area contributed by atoms with Gasteiger partial charge in [-0.3, -0.25) is 4.99 Å². The average Bonchev–Trinajstić information content (AvgIpc) is 3.04. The summed E-state index contributed by atoms with van der Waals surface area (Å²) in [5, 5.41) is 12.3. The third-order valence-corrected chi connectivity index (χ3v) is 7.95. The summed E-state index contributed by atoms with van der Waals surface area (Å²) < 4.78 is 6.29. The van der Waals surface area contributed by atoms with Gasteiger partial charge in [0.2, 0.25) is 0 Å². The Morgan fingerprint density at radius 2 is 1.51 bits per heavy atom. The molecule has 4 aromatic rings. The van der Waals surface area contributed by atoms with Gasteiger partial charge in [0.05, 0.1) is 11.1 Å². The van der Waals surface area contributed by atoms with Gasteiger partial charge in [-0.25, -0.2) is 4.79 Å². The molecule has 0 saturated carbocycles. The highest BCUT2D eigenvalue weighted by molar-refractivity contribution is 7.78. The minimum Gasteiger partial charge on any atom is -0.488 e. The largest absolute Gasteiger partial charge is 0.488 e. The molecule has 0 amide bonds. The Morgan fingerprint density at radius 3 is 2.13 bits per heavy atom. The molecule has 6 heteroatoms. The number of rotatable bonds is 13. The van der Waals surface area contributed by atoms with E-state index in [1.165, 1.54) is 16.6 Å². The molecule has 4 aromatic carbocycles. The van der Waals surface area contributed by atoms with Gasteiger partial charge in [0.25, 0.3) is 0 Å². The minimum absolute atomic E-state index is 0.115. The Bertz CT molecular complexity index is 1620. The average molecular weight is 619 g/mol. The zero-order chi connectivity index (χ0) is 32.2. The van der Waals surface area contributed by atoms with Crippen LogP contribution in [0.1, 0.15) is 70.9 Å². The molecule has 0 saturated heterocycles. The summed E-state index contributed by atoms with van der Waals surface area (Å²) >= 11 is 4.92. The van der Waals surface area contributed by atoms with Gasteiger partial charge in [-0.05, 0) is 71.0 Å². The third-order valence-electron chi connectivity index (χ3n) is 7.83. The van der Waals surface area contributed by atoms with E-state index in [1.807, 2.05) is 30.3 Å². The lowest BCUT2D eigenvalue weighted by Gasteiger charge is -2.19. The van der Waals surface area contributed by atoms with Crippen molar-refractivity contribution in [2.75, 3.05) is 7.05 Å². The highest BCUT2D eigenvalue weighted by Crippen LogP contribution is 2.26. The van der Waals surface area contributed by atoms with Crippen LogP contribution < -0.4 is 10.1 Å². The van der Waals surface area contributed by atoms with E-state index in [0.717, 1.165) is 53.1 Å². The molecule has 0 aliphatic carbocycles. The van der Waals surface area contributed by atoms with Gasteiger partial charge >= 0.3 is 5.97 Å². The highest BCUT2D eigenvalue weighted by atomic mass is 32.1. The summed E-state index contributed by atoms with van der Waals surface area (Å²) in [6, 6.07) is 32.3. The molecular weight excluding hydrogens is 577 g/mol. The van der Waals surface area contributed by atoms with Crippen LogP contribution in [0.4, 0.5) is 0 Å². The number of ether oxygens (including phenoxy) is 1. The molecule has 232 valence electrons. The Kier molecular flexibility index (Phi) is 11.8. The van der Waals surface area contributed by atoms with Crippen LogP contribution in [-0.4, -0.2) is 29.5 Å². The lowest BCUT2D eigenvalue weighted by molar-refractivity contribution is 0.0697. The summed E-state index contributed by atoms with van der Waals surface area (Å²) in [4.78, 5) is 15.6. The number of thiocarbonyl (C=S) groups is 1. The Hall–Kier alpha value is -4.55. The third kappa shape index (κ3) is 9.98. The fraction of sp³-hybridized carbons (Fsp3) is 0.256. The smallest absolute Gasteiger partial charge is 0.335 e. The molecule has 2 N–H and O–H groups in total. The molecule has 0 heterocycles. The van der Waals surface area contributed by atoms with Gasteiger partial charge < -0.3 is 15.2 Å². The van der Waals surface area contributed by atoms with Gasteiger partial charge in [0.1, 0.15) is 18.2 Å². The normalized spacial score (nSPS) is 12.6. The van der Waals surface area contributed by atoms with Crippen molar-refractivity contribution in [2.45, 2.75) is 52.1 Å². The maximum Gasteiger partial charge on any atom is 0.335 e. The molecule has 0 radical (unpaired) electrons. The maximum atomic E-state index is 11.4. The van der Waals surface area contributed by atoms with E-state index in [1.54, 1.807) is 19.2 Å². The number of nitrogens with zero attached hydrogens (tertiary/aromatic N) is 1. The quantitative estimate of drug-likeness (QED) is 0.0891. The fourth-order valence-corrected chi connectivity index (χ4v) is 5.23. The van der Waals surface area contributed by atoms with Gasteiger partial charge in [0, 0.05) is 18.2 Å². The number of aliphatic imine (C=N–C) groups is 1. The Balaban J connectivity index is 1.49. The van der Waals surface area contributed by atoms with Crippen molar-refractivity contribution in [1.82, 2.24) is 5.32 Å². The molecule has 0 fully saturated rings. The second-order valence-corrected chi connectivity index (χ2v) is 12.4. The number of para-hydroxylation sites is 1. The summed E-state index contributed by atoms with van der Waals surface area (Å²) in [5.41, 5.74) is 8.65. The first-order valence-corrected chi connectivity index (χ1v) is 15.7. The van der Waals surface area contributed by atoms with Crippen molar-refractivity contribution < 1.29 is 14.6 Å². The Morgan fingerprint density at radius 1 is 0.889 bits per heavy atom. The molecule has 0 aliphatic rings. The maximum absolute atomic E-state index is 11.4.